The Balaban J connectivity index is 2.02. The molecule has 17 heavy (non-hydrogen) atoms. The molecule has 2 N–H and O–H groups in total. The summed E-state index contributed by atoms with van der Waals surface area (Å²) in [4.78, 5) is 0. The van der Waals surface area contributed by atoms with Gasteiger partial charge in [-0.3, -0.25) is 4.40 Å². The van der Waals surface area contributed by atoms with Crippen LogP contribution in [0.1, 0.15) is 30.1 Å². The topological polar surface area (TPSA) is 56.2 Å². The van der Waals surface area contributed by atoms with Gasteiger partial charge >= 0.3 is 0 Å². The van der Waals surface area contributed by atoms with Gasteiger partial charge in [-0.05, 0) is 30.2 Å². The van der Waals surface area contributed by atoms with Crippen LogP contribution in [0.25, 0.3) is 5.65 Å². The zero-order chi connectivity index (χ0) is 11.7. The number of pyridine rings is 1. The zero-order valence-corrected chi connectivity index (χ0v) is 10.5. The first-order valence-electron chi connectivity index (χ1n) is 6.00. The minimum Gasteiger partial charge on any atom is -0.326 e. The van der Waals surface area contributed by atoms with Crippen LogP contribution >= 0.6 is 11.8 Å². The largest absolute Gasteiger partial charge is 0.326 e. The summed E-state index contributed by atoms with van der Waals surface area (Å²) in [5, 5.41) is 8.59. The summed E-state index contributed by atoms with van der Waals surface area (Å²) >= 11 is 2.01. The van der Waals surface area contributed by atoms with Gasteiger partial charge in [-0.2, -0.15) is 11.8 Å². The van der Waals surface area contributed by atoms with E-state index in [2.05, 4.69) is 20.8 Å². The Morgan fingerprint density at radius 1 is 1.41 bits per heavy atom. The predicted molar refractivity (Wildman–Crippen MR) is 70.2 cm³/mol. The van der Waals surface area contributed by atoms with E-state index in [1.807, 2.05) is 23.9 Å². The van der Waals surface area contributed by atoms with E-state index in [0.717, 1.165) is 22.8 Å². The fourth-order valence-electron chi connectivity index (χ4n) is 2.30. The number of nitrogens with two attached hydrogens (primary N) is 1. The fourth-order valence-corrected chi connectivity index (χ4v) is 3.43. The zero-order valence-electron chi connectivity index (χ0n) is 9.67. The standard InChI is InChI=1S/C12H16N4S/c13-6-9-3-4-11-14-15-12(16(11)7-9)10-2-1-5-17-8-10/h3-4,7,10H,1-2,5-6,8,13H2. The Labute approximate surface area is 105 Å². The number of fused-ring (bicyclic) bond motifs is 1. The molecule has 1 saturated heterocycles. The van der Waals surface area contributed by atoms with Crippen molar-refractivity contribution in [3.8, 4) is 0 Å². The molecule has 3 heterocycles. The second-order valence-corrected chi connectivity index (χ2v) is 5.59. The maximum absolute atomic E-state index is 5.68. The summed E-state index contributed by atoms with van der Waals surface area (Å²) in [6.45, 7) is 0.562. The van der Waals surface area contributed by atoms with Crippen LogP contribution in [0, 0.1) is 0 Å². The molecule has 0 amide bonds. The van der Waals surface area contributed by atoms with Crippen LogP contribution in [0.3, 0.4) is 0 Å². The van der Waals surface area contributed by atoms with Crippen molar-refractivity contribution < 1.29 is 0 Å². The molecule has 0 aromatic carbocycles. The number of hydrogen-bond donors (Lipinski definition) is 1. The molecule has 1 aliphatic heterocycles. The lowest BCUT2D eigenvalue weighted by Crippen LogP contribution is -2.12. The van der Waals surface area contributed by atoms with Crippen molar-refractivity contribution in [1.29, 1.82) is 0 Å². The Morgan fingerprint density at radius 2 is 2.35 bits per heavy atom. The lowest BCUT2D eigenvalue weighted by Gasteiger charge is -2.19. The number of thioether (sulfide) groups is 1. The van der Waals surface area contributed by atoms with Gasteiger partial charge in [0.05, 0.1) is 0 Å². The van der Waals surface area contributed by atoms with Gasteiger partial charge in [0.1, 0.15) is 5.82 Å². The van der Waals surface area contributed by atoms with Crippen LogP contribution in [0.2, 0.25) is 0 Å². The Hall–Kier alpha value is -1.07. The summed E-state index contributed by atoms with van der Waals surface area (Å²) in [6, 6.07) is 4.01. The van der Waals surface area contributed by atoms with Crippen molar-refractivity contribution in [3.63, 3.8) is 0 Å². The molecule has 1 aliphatic rings. The average molecular weight is 248 g/mol. The second-order valence-electron chi connectivity index (χ2n) is 4.44. The summed E-state index contributed by atoms with van der Waals surface area (Å²) in [7, 11) is 0. The van der Waals surface area contributed by atoms with Gasteiger partial charge in [0.15, 0.2) is 5.65 Å². The molecule has 90 valence electrons. The average Bonchev–Trinajstić information content (AvgIpc) is 2.82. The molecule has 0 aliphatic carbocycles. The van der Waals surface area contributed by atoms with Crippen molar-refractivity contribution >= 4 is 17.4 Å². The minimum absolute atomic E-state index is 0.539. The number of nitrogens with zero attached hydrogens (tertiary/aromatic N) is 3. The van der Waals surface area contributed by atoms with E-state index >= 15 is 0 Å². The molecule has 4 nitrogen and oxygen atoms in total. The molecule has 0 bridgehead atoms. The van der Waals surface area contributed by atoms with Crippen LogP contribution in [0.4, 0.5) is 0 Å². The van der Waals surface area contributed by atoms with E-state index in [9.17, 15) is 0 Å². The second kappa shape index (κ2) is 4.66. The van der Waals surface area contributed by atoms with E-state index in [-0.39, 0.29) is 0 Å². The van der Waals surface area contributed by atoms with Gasteiger partial charge < -0.3 is 5.73 Å². The molecule has 3 rings (SSSR count). The number of aromatic nitrogens is 3. The molecule has 1 atom stereocenters. The van der Waals surface area contributed by atoms with E-state index in [0.29, 0.717) is 12.5 Å². The normalized spacial score (nSPS) is 20.9. The van der Waals surface area contributed by atoms with Crippen molar-refractivity contribution in [2.45, 2.75) is 25.3 Å². The highest BCUT2D eigenvalue weighted by Crippen LogP contribution is 2.30. The molecule has 2 aromatic rings. The highest BCUT2D eigenvalue weighted by Gasteiger charge is 2.20. The monoisotopic (exact) mass is 248 g/mol. The first-order valence-corrected chi connectivity index (χ1v) is 7.15. The van der Waals surface area contributed by atoms with Gasteiger partial charge in [0.25, 0.3) is 0 Å². The lowest BCUT2D eigenvalue weighted by atomic mass is 10.0. The van der Waals surface area contributed by atoms with Crippen molar-refractivity contribution in [2.75, 3.05) is 11.5 Å². The van der Waals surface area contributed by atoms with Crippen molar-refractivity contribution in [1.82, 2.24) is 14.6 Å². The summed E-state index contributed by atoms with van der Waals surface area (Å²) in [5.74, 6) is 4.08. The summed E-state index contributed by atoms with van der Waals surface area (Å²) in [5.41, 5.74) is 7.73. The van der Waals surface area contributed by atoms with Gasteiger partial charge in [0, 0.05) is 24.4 Å². The SMILES string of the molecule is NCc1ccc2nnc(C3CCCSC3)n2c1. The van der Waals surface area contributed by atoms with E-state index in [1.165, 1.54) is 18.6 Å². The highest BCUT2D eigenvalue weighted by molar-refractivity contribution is 7.99. The molecule has 1 unspecified atom stereocenters. The third-order valence-electron chi connectivity index (χ3n) is 3.25. The molecule has 2 aromatic heterocycles. The van der Waals surface area contributed by atoms with Crippen molar-refractivity contribution in [2.24, 2.45) is 5.73 Å². The van der Waals surface area contributed by atoms with Crippen LogP contribution < -0.4 is 5.73 Å². The Morgan fingerprint density at radius 3 is 3.12 bits per heavy atom. The van der Waals surface area contributed by atoms with Gasteiger partial charge in [-0.1, -0.05) is 6.07 Å². The maximum Gasteiger partial charge on any atom is 0.160 e. The number of hydrogen-bond acceptors (Lipinski definition) is 4. The minimum atomic E-state index is 0.539. The predicted octanol–water partition coefficient (Wildman–Crippen LogP) is 1.80. The fraction of sp³-hybridized carbons (Fsp3) is 0.500. The highest BCUT2D eigenvalue weighted by atomic mass is 32.2. The maximum atomic E-state index is 5.68. The smallest absolute Gasteiger partial charge is 0.160 e. The summed E-state index contributed by atoms with van der Waals surface area (Å²) in [6.07, 6.45) is 4.57. The molecule has 0 radical (unpaired) electrons. The third-order valence-corrected chi connectivity index (χ3v) is 4.47. The van der Waals surface area contributed by atoms with Crippen molar-refractivity contribution in [3.05, 3.63) is 29.7 Å². The molecule has 5 heteroatoms. The Kier molecular flexibility index (Phi) is 3.03. The molecular weight excluding hydrogens is 232 g/mol. The van der Waals surface area contributed by atoms with Crippen LogP contribution in [-0.4, -0.2) is 26.1 Å². The third kappa shape index (κ3) is 2.05. The molecular formula is C12H16N4S. The van der Waals surface area contributed by atoms with Gasteiger partial charge in [-0.25, -0.2) is 0 Å². The number of rotatable bonds is 2. The first-order chi connectivity index (χ1) is 8.38. The van der Waals surface area contributed by atoms with Crippen LogP contribution in [0.5, 0.6) is 0 Å². The Bertz CT molecular complexity index is 516. The lowest BCUT2D eigenvalue weighted by molar-refractivity contribution is 0.616. The first kappa shape index (κ1) is 11.0. The summed E-state index contributed by atoms with van der Waals surface area (Å²) < 4.78 is 2.11. The quantitative estimate of drug-likeness (QED) is 0.880. The van der Waals surface area contributed by atoms with Crippen LogP contribution in [0.15, 0.2) is 18.3 Å². The molecule has 1 fully saturated rings. The van der Waals surface area contributed by atoms with E-state index in [1.54, 1.807) is 0 Å². The van der Waals surface area contributed by atoms with Crippen LogP contribution in [-0.2, 0) is 6.54 Å². The van der Waals surface area contributed by atoms with Gasteiger partial charge in [-0.15, -0.1) is 10.2 Å². The van der Waals surface area contributed by atoms with Gasteiger partial charge in [0.2, 0.25) is 0 Å². The molecule has 0 saturated carbocycles. The molecule has 0 spiro atoms. The van der Waals surface area contributed by atoms with E-state index < -0.39 is 0 Å². The van der Waals surface area contributed by atoms with E-state index in [4.69, 9.17) is 5.73 Å².